The molecule has 3 rings (SSSR count). The maximum absolute atomic E-state index is 13.1. The molecule has 2 heterocycles. The first kappa shape index (κ1) is 21.0. The van der Waals surface area contributed by atoms with E-state index in [1.54, 1.807) is 24.4 Å². The predicted molar refractivity (Wildman–Crippen MR) is 110 cm³/mol. The molecule has 0 N–H and O–H groups in total. The molecule has 0 unspecified atom stereocenters. The van der Waals surface area contributed by atoms with Gasteiger partial charge in [-0.1, -0.05) is 0 Å². The van der Waals surface area contributed by atoms with Crippen LogP contribution in [0.15, 0.2) is 36.5 Å². The van der Waals surface area contributed by atoms with Crippen LogP contribution in [0.4, 0.5) is 10.3 Å². The Labute approximate surface area is 171 Å². The van der Waals surface area contributed by atoms with E-state index in [-0.39, 0.29) is 11.7 Å². The highest BCUT2D eigenvalue weighted by Crippen LogP contribution is 2.21. The van der Waals surface area contributed by atoms with E-state index in [1.165, 1.54) is 12.1 Å². The van der Waals surface area contributed by atoms with Crippen molar-refractivity contribution in [3.05, 3.63) is 42.3 Å². The summed E-state index contributed by atoms with van der Waals surface area (Å²) in [6.07, 6.45) is 2.59. The molecule has 1 saturated heterocycles. The van der Waals surface area contributed by atoms with Gasteiger partial charge in [0.15, 0.2) is 0 Å². The standard InChI is InChI=1S/C21H28FN5O2/c1-3-26(4-2)20(28)16-25-12-5-13-27(15-14-25)21-23-11-10-19(24-21)29-18-8-6-17(22)7-9-18/h6-11H,3-5,12-16H2,1-2H3. The fourth-order valence-corrected chi connectivity index (χ4v) is 3.36. The minimum absolute atomic E-state index is 0.175. The van der Waals surface area contributed by atoms with E-state index in [1.807, 2.05) is 18.7 Å². The fourth-order valence-electron chi connectivity index (χ4n) is 3.36. The van der Waals surface area contributed by atoms with Crippen LogP contribution in [0, 0.1) is 5.82 Å². The minimum atomic E-state index is -0.311. The van der Waals surface area contributed by atoms with Crippen molar-refractivity contribution in [2.24, 2.45) is 0 Å². The molecule has 29 heavy (non-hydrogen) atoms. The zero-order valence-corrected chi connectivity index (χ0v) is 17.1. The van der Waals surface area contributed by atoms with Gasteiger partial charge >= 0.3 is 0 Å². The fraction of sp³-hybridized carbons (Fsp3) is 0.476. The van der Waals surface area contributed by atoms with E-state index in [0.29, 0.717) is 24.1 Å². The lowest BCUT2D eigenvalue weighted by atomic mass is 10.3. The smallest absolute Gasteiger partial charge is 0.236 e. The number of nitrogens with zero attached hydrogens (tertiary/aromatic N) is 5. The highest BCUT2D eigenvalue weighted by atomic mass is 19.1. The van der Waals surface area contributed by atoms with Crippen LogP contribution in [0.3, 0.4) is 0 Å². The van der Waals surface area contributed by atoms with Gasteiger partial charge in [0, 0.05) is 51.5 Å². The van der Waals surface area contributed by atoms with Crippen molar-refractivity contribution in [1.82, 2.24) is 19.8 Å². The van der Waals surface area contributed by atoms with Gasteiger partial charge < -0.3 is 14.5 Å². The van der Waals surface area contributed by atoms with Crippen molar-refractivity contribution in [2.75, 3.05) is 50.7 Å². The number of aromatic nitrogens is 2. The van der Waals surface area contributed by atoms with Crippen LogP contribution in [0.1, 0.15) is 20.3 Å². The summed E-state index contributed by atoms with van der Waals surface area (Å²) in [6, 6.07) is 7.50. The molecular weight excluding hydrogens is 373 g/mol. The summed E-state index contributed by atoms with van der Waals surface area (Å²) in [5, 5.41) is 0. The predicted octanol–water partition coefficient (Wildman–Crippen LogP) is 2.79. The topological polar surface area (TPSA) is 61.8 Å². The van der Waals surface area contributed by atoms with E-state index in [4.69, 9.17) is 4.74 Å². The number of rotatable bonds is 7. The number of ether oxygens (including phenoxy) is 1. The van der Waals surface area contributed by atoms with Crippen molar-refractivity contribution in [3.8, 4) is 11.6 Å². The van der Waals surface area contributed by atoms with Crippen LogP contribution < -0.4 is 9.64 Å². The molecule has 1 aliphatic rings. The van der Waals surface area contributed by atoms with Crippen molar-refractivity contribution >= 4 is 11.9 Å². The van der Waals surface area contributed by atoms with Crippen LogP contribution in [-0.2, 0) is 4.79 Å². The highest BCUT2D eigenvalue weighted by molar-refractivity contribution is 5.78. The molecule has 8 heteroatoms. The molecule has 0 radical (unpaired) electrons. The van der Waals surface area contributed by atoms with Gasteiger partial charge in [-0.3, -0.25) is 9.69 Å². The Morgan fingerprint density at radius 3 is 2.59 bits per heavy atom. The Bertz CT molecular complexity index is 798. The number of carbonyl (C=O) groups is 1. The summed E-state index contributed by atoms with van der Waals surface area (Å²) in [7, 11) is 0. The maximum atomic E-state index is 13.1. The zero-order valence-electron chi connectivity index (χ0n) is 17.1. The molecule has 7 nitrogen and oxygen atoms in total. The van der Waals surface area contributed by atoms with Gasteiger partial charge in [0.05, 0.1) is 6.54 Å². The molecule has 1 aromatic carbocycles. The zero-order chi connectivity index (χ0) is 20.6. The van der Waals surface area contributed by atoms with Crippen LogP contribution in [0.2, 0.25) is 0 Å². The lowest BCUT2D eigenvalue weighted by Crippen LogP contribution is -2.41. The first-order valence-corrected chi connectivity index (χ1v) is 10.1. The summed E-state index contributed by atoms with van der Waals surface area (Å²) in [6.45, 7) is 9.14. The molecular formula is C21H28FN5O2. The number of hydrogen-bond acceptors (Lipinski definition) is 6. The largest absolute Gasteiger partial charge is 0.439 e. The van der Waals surface area contributed by atoms with Crippen molar-refractivity contribution in [3.63, 3.8) is 0 Å². The Kier molecular flexibility index (Phi) is 7.35. The average molecular weight is 401 g/mol. The van der Waals surface area contributed by atoms with Gasteiger partial charge in [-0.15, -0.1) is 0 Å². The molecule has 2 aromatic rings. The molecule has 1 amide bonds. The van der Waals surface area contributed by atoms with E-state index in [9.17, 15) is 9.18 Å². The second kappa shape index (κ2) is 10.2. The van der Waals surface area contributed by atoms with Gasteiger partial charge in [-0.05, 0) is 44.5 Å². The third kappa shape index (κ3) is 5.87. The molecule has 0 spiro atoms. The second-order valence-electron chi connectivity index (χ2n) is 6.93. The van der Waals surface area contributed by atoms with Gasteiger partial charge in [-0.2, -0.15) is 4.98 Å². The number of halogens is 1. The molecule has 156 valence electrons. The number of hydrogen-bond donors (Lipinski definition) is 0. The molecule has 0 bridgehead atoms. The Morgan fingerprint density at radius 1 is 1.10 bits per heavy atom. The summed E-state index contributed by atoms with van der Waals surface area (Å²) in [4.78, 5) is 27.4. The van der Waals surface area contributed by atoms with Gasteiger partial charge in [-0.25, -0.2) is 9.37 Å². The van der Waals surface area contributed by atoms with Crippen molar-refractivity contribution in [2.45, 2.75) is 20.3 Å². The number of benzene rings is 1. The number of amides is 1. The molecule has 1 fully saturated rings. The van der Waals surface area contributed by atoms with Gasteiger partial charge in [0.2, 0.25) is 17.7 Å². The van der Waals surface area contributed by atoms with Crippen LogP contribution in [0.5, 0.6) is 11.6 Å². The van der Waals surface area contributed by atoms with E-state index in [2.05, 4.69) is 19.8 Å². The SMILES string of the molecule is CCN(CC)C(=O)CN1CCCN(c2nccc(Oc3ccc(F)cc3)n2)CC1. The maximum Gasteiger partial charge on any atom is 0.236 e. The lowest BCUT2D eigenvalue weighted by molar-refractivity contribution is -0.132. The third-order valence-corrected chi connectivity index (χ3v) is 5.00. The Hall–Kier alpha value is -2.74. The second-order valence-corrected chi connectivity index (χ2v) is 6.93. The average Bonchev–Trinajstić information content (AvgIpc) is 2.96. The van der Waals surface area contributed by atoms with Crippen molar-refractivity contribution < 1.29 is 13.9 Å². The van der Waals surface area contributed by atoms with Gasteiger partial charge in [0.1, 0.15) is 11.6 Å². The van der Waals surface area contributed by atoms with Gasteiger partial charge in [0.25, 0.3) is 0 Å². The van der Waals surface area contributed by atoms with Crippen LogP contribution in [0.25, 0.3) is 0 Å². The highest BCUT2D eigenvalue weighted by Gasteiger charge is 2.20. The quantitative estimate of drug-likeness (QED) is 0.711. The molecule has 0 aliphatic carbocycles. The normalized spacial score (nSPS) is 15.1. The first-order chi connectivity index (χ1) is 14.1. The Morgan fingerprint density at radius 2 is 1.86 bits per heavy atom. The lowest BCUT2D eigenvalue weighted by Gasteiger charge is -2.25. The summed E-state index contributed by atoms with van der Waals surface area (Å²) in [5.74, 6) is 1.40. The number of anilines is 1. The molecule has 0 atom stereocenters. The van der Waals surface area contributed by atoms with Crippen LogP contribution in [-0.4, -0.2) is 71.5 Å². The van der Waals surface area contributed by atoms with Crippen LogP contribution >= 0.6 is 0 Å². The Balaban J connectivity index is 1.60. The first-order valence-electron chi connectivity index (χ1n) is 10.1. The van der Waals surface area contributed by atoms with E-state index < -0.39 is 0 Å². The number of carbonyl (C=O) groups excluding carboxylic acids is 1. The monoisotopic (exact) mass is 401 g/mol. The number of likely N-dealkylation sites (N-methyl/N-ethyl adjacent to an activating group) is 1. The summed E-state index contributed by atoms with van der Waals surface area (Å²) in [5.41, 5.74) is 0. The van der Waals surface area contributed by atoms with E-state index >= 15 is 0 Å². The summed E-state index contributed by atoms with van der Waals surface area (Å²) >= 11 is 0. The van der Waals surface area contributed by atoms with Crippen molar-refractivity contribution in [1.29, 1.82) is 0 Å². The molecule has 0 saturated carbocycles. The summed E-state index contributed by atoms with van der Waals surface area (Å²) < 4.78 is 18.8. The van der Waals surface area contributed by atoms with E-state index in [0.717, 1.165) is 45.7 Å². The molecule has 1 aliphatic heterocycles. The molecule has 1 aromatic heterocycles. The third-order valence-electron chi connectivity index (χ3n) is 5.00. The minimum Gasteiger partial charge on any atom is -0.439 e.